The van der Waals surface area contributed by atoms with Crippen molar-refractivity contribution in [2.45, 2.75) is 19.4 Å². The van der Waals surface area contributed by atoms with Crippen LogP contribution in [0.25, 0.3) is 0 Å². The Kier molecular flexibility index (Phi) is 5.97. The van der Waals surface area contributed by atoms with Crippen LogP contribution in [0.3, 0.4) is 0 Å². The Morgan fingerprint density at radius 3 is 2.52 bits per heavy atom. The zero-order valence-electron chi connectivity index (χ0n) is 13.4. The quantitative estimate of drug-likeness (QED) is 0.696. The smallest absolute Gasteiger partial charge is 0.273 e. The molecule has 0 saturated carbocycles. The van der Waals surface area contributed by atoms with Gasteiger partial charge in [0.1, 0.15) is 11.3 Å². The van der Waals surface area contributed by atoms with E-state index in [2.05, 4.69) is 5.10 Å². The second-order valence-corrected chi connectivity index (χ2v) is 5.97. The molecule has 0 radical (unpaired) electrons. The number of hydrogen-bond acceptors (Lipinski definition) is 3. The van der Waals surface area contributed by atoms with Gasteiger partial charge in [-0.1, -0.05) is 29.3 Å². The Morgan fingerprint density at radius 2 is 2.00 bits per heavy atom. The number of carbonyl (C=O) groups is 1. The van der Waals surface area contributed by atoms with Crippen LogP contribution in [0, 0.1) is 5.95 Å². The molecule has 1 heterocycles. The largest absolute Gasteiger partial charge is 0.284 e. The molecular formula is C15H14Cl2F3N3O2. The van der Waals surface area contributed by atoms with Crippen LogP contribution in [0.15, 0.2) is 18.2 Å². The highest BCUT2D eigenvalue weighted by Crippen LogP contribution is 2.32. The van der Waals surface area contributed by atoms with Crippen molar-refractivity contribution in [3.05, 3.63) is 51.0 Å². The normalized spacial score (nSPS) is 12.5. The molecule has 0 bridgehead atoms. The molecule has 5 nitrogen and oxygen atoms in total. The topological polar surface area (TPSA) is 47.4 Å². The second kappa shape index (κ2) is 7.63. The summed E-state index contributed by atoms with van der Waals surface area (Å²) < 4.78 is 40.9. The van der Waals surface area contributed by atoms with Crippen molar-refractivity contribution in [3.63, 3.8) is 0 Å². The molecule has 1 aromatic heterocycles. The number of benzene rings is 1. The molecule has 0 saturated heterocycles. The lowest BCUT2D eigenvalue weighted by atomic mass is 10.1. The zero-order chi connectivity index (χ0) is 18.9. The Morgan fingerprint density at radius 1 is 1.36 bits per heavy atom. The predicted octanol–water partition coefficient (Wildman–Crippen LogP) is 4.57. The molecule has 136 valence electrons. The average Bonchev–Trinajstić information content (AvgIpc) is 2.83. The van der Waals surface area contributed by atoms with E-state index in [9.17, 15) is 18.0 Å². The van der Waals surface area contributed by atoms with Crippen molar-refractivity contribution in [3.8, 4) is 0 Å². The highest BCUT2D eigenvalue weighted by Gasteiger charge is 2.34. The molecule has 25 heavy (non-hydrogen) atoms. The first-order valence-corrected chi connectivity index (χ1v) is 7.77. The Labute approximate surface area is 151 Å². The maximum Gasteiger partial charge on any atom is 0.284 e. The molecule has 1 unspecified atom stereocenters. The molecule has 0 spiro atoms. The number of amides is 1. The van der Waals surface area contributed by atoms with Gasteiger partial charge in [-0.15, -0.1) is 0 Å². The molecule has 10 heteroatoms. The number of rotatable bonds is 5. The SMILES string of the molecule is CON(C(=O)c1c(C(F)F)nn(C)c1F)C(C)c1ccc(Cl)cc1Cl. The number of hydroxylamine groups is 2. The number of aryl methyl sites for hydroxylation is 1. The van der Waals surface area contributed by atoms with Crippen LogP contribution in [-0.2, 0) is 11.9 Å². The van der Waals surface area contributed by atoms with Gasteiger partial charge in [0.05, 0.1) is 13.2 Å². The van der Waals surface area contributed by atoms with Crippen LogP contribution in [0.5, 0.6) is 0 Å². The van der Waals surface area contributed by atoms with E-state index in [1.807, 2.05) is 0 Å². The van der Waals surface area contributed by atoms with E-state index in [0.29, 0.717) is 15.3 Å². The van der Waals surface area contributed by atoms with Crippen LogP contribution in [0.1, 0.15) is 41.0 Å². The van der Waals surface area contributed by atoms with Gasteiger partial charge in [-0.25, -0.2) is 18.5 Å². The fraction of sp³-hybridized carbons (Fsp3) is 0.333. The lowest BCUT2D eigenvalue weighted by Gasteiger charge is -2.27. The third kappa shape index (κ3) is 3.75. The molecule has 2 aromatic rings. The van der Waals surface area contributed by atoms with E-state index in [0.717, 1.165) is 19.2 Å². The van der Waals surface area contributed by atoms with Crippen LogP contribution >= 0.6 is 23.2 Å². The van der Waals surface area contributed by atoms with Crippen molar-refractivity contribution < 1.29 is 22.8 Å². The fourth-order valence-corrected chi connectivity index (χ4v) is 2.93. The van der Waals surface area contributed by atoms with Gasteiger partial charge >= 0.3 is 0 Å². The summed E-state index contributed by atoms with van der Waals surface area (Å²) in [5.74, 6) is -2.28. The third-order valence-corrected chi connectivity index (χ3v) is 4.15. The Balaban J connectivity index is 2.46. The standard InChI is InChI=1S/C15H14Cl2F3N3O2/c1-7(9-5-4-8(16)6-10(9)17)23(25-3)15(24)11-12(13(18)19)21-22(2)14(11)20/h4-7,13H,1-3H3. The van der Waals surface area contributed by atoms with Gasteiger partial charge in [0.15, 0.2) is 0 Å². The van der Waals surface area contributed by atoms with Crippen molar-refractivity contribution in [2.75, 3.05) is 7.11 Å². The van der Waals surface area contributed by atoms with Gasteiger partial charge in [0, 0.05) is 17.1 Å². The van der Waals surface area contributed by atoms with E-state index in [4.69, 9.17) is 28.0 Å². The summed E-state index contributed by atoms with van der Waals surface area (Å²) in [6.45, 7) is 1.55. The first-order chi connectivity index (χ1) is 11.7. The highest BCUT2D eigenvalue weighted by molar-refractivity contribution is 6.35. The molecule has 0 N–H and O–H groups in total. The van der Waals surface area contributed by atoms with Crippen LogP contribution < -0.4 is 0 Å². The van der Waals surface area contributed by atoms with Crippen molar-refractivity contribution in [2.24, 2.45) is 7.05 Å². The number of carbonyl (C=O) groups excluding carboxylic acids is 1. The lowest BCUT2D eigenvalue weighted by Crippen LogP contribution is -2.34. The first kappa shape index (κ1) is 19.6. The monoisotopic (exact) mass is 395 g/mol. The maximum absolute atomic E-state index is 14.1. The van der Waals surface area contributed by atoms with E-state index in [1.54, 1.807) is 19.1 Å². The summed E-state index contributed by atoms with van der Waals surface area (Å²) >= 11 is 11.9. The van der Waals surface area contributed by atoms with Gasteiger partial charge in [-0.2, -0.15) is 9.49 Å². The fourth-order valence-electron chi connectivity index (χ4n) is 2.37. The Hall–Kier alpha value is -1.77. The number of aromatic nitrogens is 2. The van der Waals surface area contributed by atoms with Gasteiger partial charge in [0.25, 0.3) is 12.3 Å². The van der Waals surface area contributed by atoms with Gasteiger partial charge in [-0.3, -0.25) is 9.63 Å². The maximum atomic E-state index is 14.1. The number of halogens is 5. The third-order valence-electron chi connectivity index (χ3n) is 3.59. The molecule has 0 fully saturated rings. The van der Waals surface area contributed by atoms with Gasteiger partial charge in [0.2, 0.25) is 5.95 Å². The molecule has 1 amide bonds. The average molecular weight is 396 g/mol. The van der Waals surface area contributed by atoms with Crippen molar-refractivity contribution in [1.29, 1.82) is 0 Å². The first-order valence-electron chi connectivity index (χ1n) is 7.02. The van der Waals surface area contributed by atoms with Crippen molar-refractivity contribution >= 4 is 29.1 Å². The van der Waals surface area contributed by atoms with Crippen LogP contribution in [-0.4, -0.2) is 27.9 Å². The van der Waals surface area contributed by atoms with Crippen molar-refractivity contribution in [1.82, 2.24) is 14.8 Å². The van der Waals surface area contributed by atoms with E-state index >= 15 is 0 Å². The summed E-state index contributed by atoms with van der Waals surface area (Å²) in [4.78, 5) is 17.6. The minimum Gasteiger partial charge on any atom is -0.273 e. The summed E-state index contributed by atoms with van der Waals surface area (Å²) in [5, 5.41) is 4.73. The molecule has 1 atom stereocenters. The molecule has 1 aromatic carbocycles. The van der Waals surface area contributed by atoms with E-state index in [1.165, 1.54) is 6.07 Å². The molecule has 2 rings (SSSR count). The van der Waals surface area contributed by atoms with E-state index < -0.39 is 35.6 Å². The number of alkyl halides is 2. The molecule has 0 aliphatic heterocycles. The summed E-state index contributed by atoms with van der Waals surface area (Å²) in [5.41, 5.74) is -1.36. The van der Waals surface area contributed by atoms with Gasteiger partial charge in [-0.05, 0) is 24.6 Å². The zero-order valence-corrected chi connectivity index (χ0v) is 14.9. The van der Waals surface area contributed by atoms with E-state index in [-0.39, 0.29) is 5.02 Å². The molecule has 0 aliphatic rings. The molecule has 0 aliphatic carbocycles. The number of hydrogen-bond donors (Lipinski definition) is 0. The van der Waals surface area contributed by atoms with Crippen LogP contribution in [0.4, 0.5) is 13.2 Å². The number of nitrogens with zero attached hydrogens (tertiary/aromatic N) is 3. The predicted molar refractivity (Wildman–Crippen MR) is 86.2 cm³/mol. The molecular weight excluding hydrogens is 382 g/mol. The minimum absolute atomic E-state index is 0.246. The Bertz CT molecular complexity index is 799. The van der Waals surface area contributed by atoms with Crippen LogP contribution in [0.2, 0.25) is 10.0 Å². The second-order valence-electron chi connectivity index (χ2n) is 5.13. The highest BCUT2D eigenvalue weighted by atomic mass is 35.5. The lowest BCUT2D eigenvalue weighted by molar-refractivity contribution is -0.121. The summed E-state index contributed by atoms with van der Waals surface area (Å²) in [6.07, 6.45) is -3.12. The summed E-state index contributed by atoms with van der Waals surface area (Å²) in [6, 6.07) is 3.77. The summed E-state index contributed by atoms with van der Waals surface area (Å²) in [7, 11) is 2.28. The van der Waals surface area contributed by atoms with Gasteiger partial charge < -0.3 is 0 Å². The minimum atomic E-state index is -3.12.